The third kappa shape index (κ3) is 4.75. The molecule has 3 N–H and O–H groups in total. The average Bonchev–Trinajstić information content (AvgIpc) is 2.22. The van der Waals surface area contributed by atoms with Gasteiger partial charge in [0.15, 0.2) is 0 Å². The van der Waals surface area contributed by atoms with Gasteiger partial charge in [-0.3, -0.25) is 0 Å². The van der Waals surface area contributed by atoms with Gasteiger partial charge in [0.2, 0.25) is 0 Å². The molecular weight excluding hydrogens is 256 g/mol. The van der Waals surface area contributed by atoms with Crippen molar-refractivity contribution < 1.29 is 9.53 Å². The summed E-state index contributed by atoms with van der Waals surface area (Å²) in [6.07, 6.45) is -0.798. The van der Waals surface area contributed by atoms with Gasteiger partial charge in [-0.15, -0.1) is 0 Å². The minimum atomic E-state index is -0.798. The van der Waals surface area contributed by atoms with Gasteiger partial charge in [-0.25, -0.2) is 14.8 Å². The molecule has 7 heteroatoms. The fourth-order valence-corrected chi connectivity index (χ4v) is 1.36. The van der Waals surface area contributed by atoms with Crippen LogP contribution in [-0.2, 0) is 10.2 Å². The van der Waals surface area contributed by atoms with Gasteiger partial charge in [-0.2, -0.15) is 0 Å². The molecule has 0 aliphatic rings. The molecule has 0 spiro atoms. The summed E-state index contributed by atoms with van der Waals surface area (Å²) in [6, 6.07) is 1.61. The largest absolute Gasteiger partial charge is 0.448 e. The van der Waals surface area contributed by atoms with E-state index in [1.54, 1.807) is 6.07 Å². The van der Waals surface area contributed by atoms with Gasteiger partial charge in [0.25, 0.3) is 0 Å². The summed E-state index contributed by atoms with van der Waals surface area (Å²) in [7, 11) is 0. The summed E-state index contributed by atoms with van der Waals surface area (Å²) < 4.78 is 4.59. The van der Waals surface area contributed by atoms with Crippen molar-refractivity contribution in [2.45, 2.75) is 26.2 Å². The van der Waals surface area contributed by atoms with E-state index < -0.39 is 6.09 Å². The molecule has 0 unspecified atom stereocenters. The summed E-state index contributed by atoms with van der Waals surface area (Å²) in [5, 5.41) is 3.35. The van der Waals surface area contributed by atoms with Gasteiger partial charge in [0.05, 0.1) is 6.54 Å². The molecule has 0 aliphatic heterocycles. The maximum absolute atomic E-state index is 10.4. The van der Waals surface area contributed by atoms with Gasteiger partial charge in [0, 0.05) is 11.5 Å². The van der Waals surface area contributed by atoms with Crippen LogP contribution in [0.15, 0.2) is 6.07 Å². The SMILES string of the molecule is CC(C)(C)c1nc(Cl)cc(NCCOC(N)=O)n1. The Morgan fingerprint density at radius 1 is 1.50 bits per heavy atom. The number of rotatable bonds is 4. The van der Waals surface area contributed by atoms with Crippen molar-refractivity contribution in [3.63, 3.8) is 0 Å². The maximum Gasteiger partial charge on any atom is 0.404 e. The molecule has 100 valence electrons. The number of anilines is 1. The Hall–Kier alpha value is -1.56. The summed E-state index contributed by atoms with van der Waals surface area (Å²) in [6.45, 7) is 6.57. The Morgan fingerprint density at radius 3 is 2.72 bits per heavy atom. The van der Waals surface area contributed by atoms with Crippen LogP contribution in [0, 0.1) is 0 Å². The van der Waals surface area contributed by atoms with E-state index in [4.69, 9.17) is 17.3 Å². The second-order valence-electron chi connectivity index (χ2n) is 4.74. The first kappa shape index (κ1) is 14.5. The van der Waals surface area contributed by atoms with E-state index >= 15 is 0 Å². The molecule has 0 bridgehead atoms. The van der Waals surface area contributed by atoms with Gasteiger partial charge in [-0.1, -0.05) is 32.4 Å². The van der Waals surface area contributed by atoms with E-state index in [-0.39, 0.29) is 12.0 Å². The van der Waals surface area contributed by atoms with Crippen LogP contribution in [0.3, 0.4) is 0 Å². The highest BCUT2D eigenvalue weighted by molar-refractivity contribution is 6.29. The zero-order chi connectivity index (χ0) is 13.8. The predicted molar refractivity (Wildman–Crippen MR) is 69.8 cm³/mol. The number of nitrogens with one attached hydrogen (secondary N) is 1. The Labute approximate surface area is 111 Å². The quantitative estimate of drug-likeness (QED) is 0.646. The molecule has 0 aromatic carbocycles. The maximum atomic E-state index is 10.4. The molecule has 0 saturated carbocycles. The Bertz CT molecular complexity index is 432. The Kier molecular flexibility index (Phi) is 4.72. The highest BCUT2D eigenvalue weighted by Gasteiger charge is 2.18. The van der Waals surface area contributed by atoms with Gasteiger partial charge in [-0.05, 0) is 0 Å². The molecule has 0 fully saturated rings. The number of primary amides is 1. The smallest absolute Gasteiger partial charge is 0.404 e. The molecule has 1 rings (SSSR count). The molecule has 0 saturated heterocycles. The number of amides is 1. The van der Waals surface area contributed by atoms with E-state index in [1.165, 1.54) is 0 Å². The number of nitrogens with zero attached hydrogens (tertiary/aromatic N) is 2. The van der Waals surface area contributed by atoms with E-state index in [0.717, 1.165) is 0 Å². The summed E-state index contributed by atoms with van der Waals surface area (Å²) in [5.74, 6) is 1.24. The Balaban J connectivity index is 2.66. The van der Waals surface area contributed by atoms with Gasteiger partial charge in [0.1, 0.15) is 23.4 Å². The number of hydrogen-bond donors (Lipinski definition) is 2. The molecule has 18 heavy (non-hydrogen) atoms. The van der Waals surface area contributed by atoms with Crippen molar-refractivity contribution in [3.05, 3.63) is 17.0 Å². The third-order valence-corrected chi connectivity index (χ3v) is 2.21. The van der Waals surface area contributed by atoms with Crippen LogP contribution in [0.4, 0.5) is 10.6 Å². The van der Waals surface area contributed by atoms with Crippen LogP contribution in [0.1, 0.15) is 26.6 Å². The fraction of sp³-hybridized carbons (Fsp3) is 0.545. The molecule has 1 amide bonds. The second-order valence-corrected chi connectivity index (χ2v) is 5.13. The number of hydrogen-bond acceptors (Lipinski definition) is 5. The number of nitrogens with two attached hydrogens (primary N) is 1. The number of carbonyl (C=O) groups excluding carboxylic acids is 1. The standard InChI is InChI=1S/C11H17ClN4O2/c1-11(2,3)9-15-7(12)6-8(16-9)14-4-5-18-10(13)17/h6H,4-5H2,1-3H3,(H2,13,17)(H,14,15,16). The van der Waals surface area contributed by atoms with Crippen LogP contribution < -0.4 is 11.1 Å². The highest BCUT2D eigenvalue weighted by Crippen LogP contribution is 2.21. The normalized spacial score (nSPS) is 11.1. The molecule has 6 nitrogen and oxygen atoms in total. The first-order chi connectivity index (χ1) is 8.29. The van der Waals surface area contributed by atoms with E-state index in [2.05, 4.69) is 20.0 Å². The Morgan fingerprint density at radius 2 is 2.17 bits per heavy atom. The van der Waals surface area contributed by atoms with Crippen molar-refractivity contribution in [3.8, 4) is 0 Å². The lowest BCUT2D eigenvalue weighted by molar-refractivity contribution is 0.161. The number of halogens is 1. The van der Waals surface area contributed by atoms with Crippen LogP contribution >= 0.6 is 11.6 Å². The fourth-order valence-electron chi connectivity index (χ4n) is 1.17. The van der Waals surface area contributed by atoms with Crippen molar-refractivity contribution in [2.24, 2.45) is 5.73 Å². The number of ether oxygens (including phenoxy) is 1. The van der Waals surface area contributed by atoms with E-state index in [9.17, 15) is 4.79 Å². The first-order valence-electron chi connectivity index (χ1n) is 5.50. The highest BCUT2D eigenvalue weighted by atomic mass is 35.5. The molecule has 0 radical (unpaired) electrons. The van der Waals surface area contributed by atoms with Crippen LogP contribution in [0.5, 0.6) is 0 Å². The lowest BCUT2D eigenvalue weighted by Gasteiger charge is -2.17. The minimum absolute atomic E-state index is 0.168. The summed E-state index contributed by atoms with van der Waals surface area (Å²) in [5.41, 5.74) is 4.65. The topological polar surface area (TPSA) is 90.1 Å². The molecular formula is C11H17ClN4O2. The van der Waals surface area contributed by atoms with Crippen molar-refractivity contribution in [2.75, 3.05) is 18.5 Å². The molecule has 1 heterocycles. The number of carbonyl (C=O) groups is 1. The van der Waals surface area contributed by atoms with Gasteiger partial charge >= 0.3 is 6.09 Å². The van der Waals surface area contributed by atoms with E-state index in [0.29, 0.717) is 23.3 Å². The van der Waals surface area contributed by atoms with E-state index in [1.807, 2.05) is 20.8 Å². The molecule has 0 aliphatic carbocycles. The molecule has 1 aromatic rings. The van der Waals surface area contributed by atoms with Crippen LogP contribution in [0.25, 0.3) is 0 Å². The van der Waals surface area contributed by atoms with Crippen LogP contribution in [0.2, 0.25) is 5.15 Å². The van der Waals surface area contributed by atoms with Gasteiger partial charge < -0.3 is 15.8 Å². The minimum Gasteiger partial charge on any atom is -0.448 e. The second kappa shape index (κ2) is 5.86. The molecule has 1 aromatic heterocycles. The van der Waals surface area contributed by atoms with Crippen molar-refractivity contribution in [1.29, 1.82) is 0 Å². The summed E-state index contributed by atoms with van der Waals surface area (Å²) >= 11 is 5.92. The summed E-state index contributed by atoms with van der Waals surface area (Å²) in [4.78, 5) is 18.9. The van der Waals surface area contributed by atoms with Crippen LogP contribution in [-0.4, -0.2) is 29.2 Å². The average molecular weight is 273 g/mol. The lowest BCUT2D eigenvalue weighted by atomic mass is 9.96. The number of aromatic nitrogens is 2. The lowest BCUT2D eigenvalue weighted by Crippen LogP contribution is -2.20. The zero-order valence-corrected chi connectivity index (χ0v) is 11.4. The van der Waals surface area contributed by atoms with Crippen molar-refractivity contribution in [1.82, 2.24) is 9.97 Å². The van der Waals surface area contributed by atoms with Crippen molar-refractivity contribution >= 4 is 23.5 Å². The first-order valence-corrected chi connectivity index (χ1v) is 5.88. The predicted octanol–water partition coefficient (Wildman–Crippen LogP) is 1.93. The zero-order valence-electron chi connectivity index (χ0n) is 10.7. The monoisotopic (exact) mass is 272 g/mol. The third-order valence-electron chi connectivity index (χ3n) is 2.02. The molecule has 0 atom stereocenters.